The molecule has 0 unspecified atom stereocenters. The highest BCUT2D eigenvalue weighted by Gasteiger charge is 2.48. The van der Waals surface area contributed by atoms with Gasteiger partial charge in [-0.05, 0) is 43.4 Å². The van der Waals surface area contributed by atoms with Gasteiger partial charge in [-0.3, -0.25) is 9.59 Å². The van der Waals surface area contributed by atoms with Crippen LogP contribution in [0, 0.1) is 0 Å². The predicted octanol–water partition coefficient (Wildman–Crippen LogP) is 1.75. The first kappa shape index (κ1) is 16.4. The fraction of sp³-hybridized carbons (Fsp3) is 0.579. The summed E-state index contributed by atoms with van der Waals surface area (Å²) < 4.78 is 11.0. The van der Waals surface area contributed by atoms with E-state index < -0.39 is 6.10 Å². The van der Waals surface area contributed by atoms with E-state index in [-0.39, 0.29) is 30.5 Å². The van der Waals surface area contributed by atoms with Crippen molar-refractivity contribution in [3.63, 3.8) is 0 Å². The lowest BCUT2D eigenvalue weighted by Crippen LogP contribution is -2.55. The van der Waals surface area contributed by atoms with E-state index in [9.17, 15) is 9.59 Å². The monoisotopic (exact) mass is 344 g/mol. The molecule has 3 aliphatic rings. The minimum absolute atomic E-state index is 0.00655. The number of carbonyl (C=O) groups is 2. The van der Waals surface area contributed by atoms with Crippen LogP contribution in [0.4, 0.5) is 0 Å². The van der Waals surface area contributed by atoms with Gasteiger partial charge in [0.15, 0.2) is 6.10 Å². The first-order chi connectivity index (χ1) is 12.2. The second-order valence-corrected chi connectivity index (χ2v) is 7.01. The van der Waals surface area contributed by atoms with Gasteiger partial charge in [0, 0.05) is 19.1 Å². The predicted molar refractivity (Wildman–Crippen MR) is 91.2 cm³/mol. The maximum Gasteiger partial charge on any atom is 0.254 e. The molecule has 1 aromatic carbocycles. The average molecular weight is 344 g/mol. The van der Waals surface area contributed by atoms with Crippen molar-refractivity contribution in [3.8, 4) is 5.75 Å². The Labute approximate surface area is 147 Å². The Morgan fingerprint density at radius 3 is 2.44 bits per heavy atom. The van der Waals surface area contributed by atoms with Crippen molar-refractivity contribution in [2.45, 2.75) is 43.9 Å². The zero-order valence-electron chi connectivity index (χ0n) is 14.5. The van der Waals surface area contributed by atoms with Crippen LogP contribution in [-0.4, -0.2) is 60.6 Å². The number of carbonyl (C=O) groups excluding carboxylic acids is 2. The number of nitrogens with zero attached hydrogens (tertiary/aromatic N) is 2. The summed E-state index contributed by atoms with van der Waals surface area (Å²) >= 11 is 0. The Balaban J connectivity index is 1.67. The summed E-state index contributed by atoms with van der Waals surface area (Å²) in [6.07, 6.45) is 3.46. The van der Waals surface area contributed by atoms with E-state index in [0.29, 0.717) is 0 Å². The van der Waals surface area contributed by atoms with Crippen LogP contribution in [0.1, 0.15) is 37.3 Å². The second kappa shape index (κ2) is 6.67. The van der Waals surface area contributed by atoms with Crippen LogP contribution in [0.25, 0.3) is 0 Å². The van der Waals surface area contributed by atoms with Gasteiger partial charge in [0.25, 0.3) is 5.91 Å². The second-order valence-electron chi connectivity index (χ2n) is 7.01. The van der Waals surface area contributed by atoms with E-state index in [4.69, 9.17) is 9.47 Å². The quantitative estimate of drug-likeness (QED) is 0.835. The summed E-state index contributed by atoms with van der Waals surface area (Å²) in [6.45, 7) is 1.56. The summed E-state index contributed by atoms with van der Waals surface area (Å²) in [7, 11) is 1.62. The largest absolute Gasteiger partial charge is 0.497 e. The van der Waals surface area contributed by atoms with Gasteiger partial charge in [-0.15, -0.1) is 0 Å². The number of amides is 2. The van der Waals surface area contributed by atoms with Gasteiger partial charge in [-0.25, -0.2) is 0 Å². The molecule has 1 saturated carbocycles. The Hall–Kier alpha value is -2.08. The highest BCUT2D eigenvalue weighted by molar-refractivity contribution is 5.87. The molecule has 0 N–H and O–H groups in total. The Morgan fingerprint density at radius 1 is 1.16 bits per heavy atom. The molecule has 25 heavy (non-hydrogen) atoms. The van der Waals surface area contributed by atoms with Gasteiger partial charge in [-0.1, -0.05) is 12.1 Å². The molecule has 3 fully saturated rings. The number of methoxy groups -OCH3 is 1. The van der Waals surface area contributed by atoms with Crippen molar-refractivity contribution in [2.75, 3.05) is 26.8 Å². The number of morpholine rings is 1. The van der Waals surface area contributed by atoms with E-state index >= 15 is 0 Å². The molecule has 1 aliphatic carbocycles. The van der Waals surface area contributed by atoms with Gasteiger partial charge >= 0.3 is 0 Å². The van der Waals surface area contributed by atoms with Crippen molar-refractivity contribution in [1.82, 2.24) is 9.80 Å². The van der Waals surface area contributed by atoms with Crippen LogP contribution in [-0.2, 0) is 14.3 Å². The summed E-state index contributed by atoms with van der Waals surface area (Å²) in [5.41, 5.74) is 0.929. The molecule has 2 atom stereocenters. The number of hydrogen-bond acceptors (Lipinski definition) is 4. The number of ether oxygens (including phenoxy) is 2. The van der Waals surface area contributed by atoms with E-state index in [1.165, 1.54) is 0 Å². The van der Waals surface area contributed by atoms with Crippen molar-refractivity contribution in [1.29, 1.82) is 0 Å². The van der Waals surface area contributed by atoms with Crippen molar-refractivity contribution in [2.24, 2.45) is 0 Å². The van der Waals surface area contributed by atoms with Crippen molar-refractivity contribution in [3.05, 3.63) is 29.8 Å². The lowest BCUT2D eigenvalue weighted by molar-refractivity contribution is -0.169. The summed E-state index contributed by atoms with van der Waals surface area (Å²) in [5, 5.41) is 0. The fourth-order valence-electron chi connectivity index (χ4n) is 3.87. The third-order valence-electron chi connectivity index (χ3n) is 5.32. The molecule has 6 nitrogen and oxygen atoms in total. The molecule has 1 aromatic rings. The van der Waals surface area contributed by atoms with Crippen LogP contribution in [0.2, 0.25) is 0 Å². The fourth-order valence-corrected chi connectivity index (χ4v) is 3.87. The molecular formula is C19H24N2O4. The number of rotatable bonds is 4. The number of benzene rings is 1. The number of hydrogen-bond donors (Lipinski definition) is 0. The molecule has 6 heteroatoms. The SMILES string of the molecule is COc1ccc([C@@H]2[C@@H](C(=O)N3CCCC3)OCC(=O)N2C2CC2)cc1. The third-order valence-corrected chi connectivity index (χ3v) is 5.32. The number of likely N-dealkylation sites (tertiary alicyclic amines) is 1. The first-order valence-corrected chi connectivity index (χ1v) is 9.04. The lowest BCUT2D eigenvalue weighted by Gasteiger charge is -2.42. The molecule has 2 aliphatic heterocycles. The molecule has 0 radical (unpaired) electrons. The highest BCUT2D eigenvalue weighted by Crippen LogP contribution is 2.40. The van der Waals surface area contributed by atoms with E-state index in [2.05, 4.69) is 0 Å². The molecule has 2 amide bonds. The molecule has 2 heterocycles. The van der Waals surface area contributed by atoms with Crippen LogP contribution in [0.3, 0.4) is 0 Å². The minimum Gasteiger partial charge on any atom is -0.497 e. The third kappa shape index (κ3) is 3.11. The average Bonchev–Trinajstić information content (AvgIpc) is 3.33. The zero-order chi connectivity index (χ0) is 17.4. The summed E-state index contributed by atoms with van der Waals surface area (Å²) in [6, 6.07) is 7.49. The minimum atomic E-state index is -0.621. The Morgan fingerprint density at radius 2 is 1.84 bits per heavy atom. The molecule has 0 aromatic heterocycles. The molecule has 0 bridgehead atoms. The first-order valence-electron chi connectivity index (χ1n) is 9.04. The molecule has 4 rings (SSSR count). The topological polar surface area (TPSA) is 59.1 Å². The van der Waals surface area contributed by atoms with E-state index in [0.717, 1.165) is 50.1 Å². The van der Waals surface area contributed by atoms with Crippen LogP contribution >= 0.6 is 0 Å². The maximum absolute atomic E-state index is 13.0. The maximum atomic E-state index is 13.0. The van der Waals surface area contributed by atoms with Crippen molar-refractivity contribution >= 4 is 11.8 Å². The Kier molecular flexibility index (Phi) is 4.37. The van der Waals surface area contributed by atoms with Gasteiger partial charge < -0.3 is 19.3 Å². The highest BCUT2D eigenvalue weighted by atomic mass is 16.5. The summed E-state index contributed by atoms with van der Waals surface area (Å²) in [5.74, 6) is 0.748. The lowest BCUT2D eigenvalue weighted by atomic mass is 9.96. The molecular weight excluding hydrogens is 320 g/mol. The molecule has 0 spiro atoms. The molecule has 2 saturated heterocycles. The van der Waals surface area contributed by atoms with Gasteiger partial charge in [-0.2, -0.15) is 0 Å². The standard InChI is InChI=1S/C19H24N2O4/c1-24-15-8-4-13(5-9-15)17-18(19(23)20-10-2-3-11-20)25-12-16(22)21(17)14-6-7-14/h4-5,8-9,14,17-18H,2-3,6-7,10-12H2,1H3/t17-,18+/m1/s1. The zero-order valence-corrected chi connectivity index (χ0v) is 14.5. The normalized spacial score (nSPS) is 26.8. The summed E-state index contributed by atoms with van der Waals surface area (Å²) in [4.78, 5) is 29.3. The Bertz CT molecular complexity index is 650. The van der Waals surface area contributed by atoms with Gasteiger partial charge in [0.2, 0.25) is 5.91 Å². The van der Waals surface area contributed by atoms with E-state index in [1.807, 2.05) is 34.1 Å². The van der Waals surface area contributed by atoms with Crippen LogP contribution in [0.15, 0.2) is 24.3 Å². The smallest absolute Gasteiger partial charge is 0.254 e. The van der Waals surface area contributed by atoms with Gasteiger partial charge in [0.05, 0.1) is 13.2 Å². The van der Waals surface area contributed by atoms with Crippen LogP contribution in [0.5, 0.6) is 5.75 Å². The van der Waals surface area contributed by atoms with Gasteiger partial charge in [0.1, 0.15) is 12.4 Å². The molecule has 134 valence electrons. The van der Waals surface area contributed by atoms with Crippen molar-refractivity contribution < 1.29 is 19.1 Å². The van der Waals surface area contributed by atoms with Crippen LogP contribution < -0.4 is 4.74 Å². The van der Waals surface area contributed by atoms with E-state index in [1.54, 1.807) is 7.11 Å².